The maximum atomic E-state index is 11.3. The van der Waals surface area contributed by atoms with Crippen molar-refractivity contribution in [2.45, 2.75) is 118 Å². The van der Waals surface area contributed by atoms with Crippen LogP contribution in [-0.4, -0.2) is 196 Å². The van der Waals surface area contributed by atoms with Crippen LogP contribution in [0, 0.1) is 37.0 Å². The van der Waals surface area contributed by atoms with E-state index in [0.29, 0.717) is 57.9 Å². The Labute approximate surface area is 431 Å². The number of esters is 3. The molecular weight excluding hydrogens is 967 g/mol. The Hall–Kier alpha value is -5.49. The molecule has 1 aliphatic heterocycles. The molecule has 0 aromatic rings. The molecule has 1 rings (SSSR count). The minimum atomic E-state index is -0.862. The number of ether oxygens (including phenoxy) is 10. The molecule has 1 aliphatic rings. The number of carbonyl (C=O) groups excluding carboxylic acids is 6. The summed E-state index contributed by atoms with van der Waals surface area (Å²) in [5.41, 5.74) is -1.27. The molecule has 23 nitrogen and oxygen atoms in total. The minimum absolute atomic E-state index is 0.0195. The number of terminal acetylenes is 3. The standard InChI is InChI=1S/C12H15NO6.C12H20O4.C9H18O4.C8H12O4.C7H12O2.C2H6O2/c1-2-6-17-8-9-18-7-5-12(16)19-13-10(14)3-4-11(13)15;1-5-7-14-9-10-15-8-6-11(13)16-12(2,3)4;1-9(2,3)13-8(11)4-6-12-7-5-10;1-2-4-11-6-7-12-5-3-8(9)10;1-5-6(8)9-7(2,3)4;3-1-2-4/h1H,3-9H2;1H,6-10H2,2-4H3;10H,4-7H2,1-3H3;1H,3-7H2,(H,9,10);5H,1H2,2-4H3;3-4H,1-2H2. The van der Waals surface area contributed by atoms with Gasteiger partial charge in [0.15, 0.2) is 0 Å². The lowest BCUT2D eigenvalue weighted by molar-refractivity contribution is -0.198. The van der Waals surface area contributed by atoms with E-state index in [9.17, 15) is 33.6 Å². The maximum absolute atomic E-state index is 11.3. The van der Waals surface area contributed by atoms with Gasteiger partial charge in [-0.25, -0.2) is 9.59 Å². The number of aliphatic carboxylic acids is 1. The molecule has 0 spiro atoms. The van der Waals surface area contributed by atoms with Crippen LogP contribution in [0.25, 0.3) is 0 Å². The third-order valence-corrected chi connectivity index (χ3v) is 6.43. The molecule has 0 aliphatic carbocycles. The Morgan fingerprint density at radius 3 is 1.10 bits per heavy atom. The van der Waals surface area contributed by atoms with E-state index in [1.165, 1.54) is 0 Å². The first-order chi connectivity index (χ1) is 34.2. The molecular formula is C50H83NO22. The molecule has 0 aromatic heterocycles. The average Bonchev–Trinajstić information content (AvgIpc) is 3.60. The van der Waals surface area contributed by atoms with Gasteiger partial charge in [-0.2, -0.15) is 0 Å². The second-order valence-electron chi connectivity index (χ2n) is 16.7. The maximum Gasteiger partial charge on any atom is 0.335 e. The van der Waals surface area contributed by atoms with E-state index < -0.39 is 40.6 Å². The number of aliphatic hydroxyl groups is 3. The number of amides is 2. The number of hydroxylamine groups is 2. The summed E-state index contributed by atoms with van der Waals surface area (Å²) >= 11 is 0. The molecule has 0 aromatic carbocycles. The Morgan fingerprint density at radius 2 is 0.822 bits per heavy atom. The third kappa shape index (κ3) is 70.8. The van der Waals surface area contributed by atoms with Gasteiger partial charge in [0.05, 0.1) is 118 Å². The molecule has 0 bridgehead atoms. The Bertz CT molecular complexity index is 1590. The normalized spacial score (nSPS) is 11.4. The highest BCUT2D eigenvalue weighted by atomic mass is 16.7. The fraction of sp³-hybridized carbons (Fsp3) is 0.700. The summed E-state index contributed by atoms with van der Waals surface area (Å²) < 4.78 is 49.9. The molecule has 0 radical (unpaired) electrons. The van der Waals surface area contributed by atoms with Gasteiger partial charge in [0.1, 0.15) is 36.6 Å². The van der Waals surface area contributed by atoms with Crippen LogP contribution in [-0.2, 0) is 85.8 Å². The predicted octanol–water partition coefficient (Wildman–Crippen LogP) is 2.37. The lowest BCUT2D eigenvalue weighted by Gasteiger charge is -2.19. The van der Waals surface area contributed by atoms with Gasteiger partial charge in [0.25, 0.3) is 11.8 Å². The van der Waals surface area contributed by atoms with Gasteiger partial charge in [-0.3, -0.25) is 24.0 Å². The quantitative estimate of drug-likeness (QED) is 0.0209. The van der Waals surface area contributed by atoms with Crippen molar-refractivity contribution in [2.75, 3.05) is 112 Å². The molecule has 73 heavy (non-hydrogen) atoms. The van der Waals surface area contributed by atoms with E-state index in [1.54, 1.807) is 0 Å². The van der Waals surface area contributed by atoms with E-state index >= 15 is 0 Å². The van der Waals surface area contributed by atoms with Crippen molar-refractivity contribution in [3.05, 3.63) is 12.7 Å². The third-order valence-electron chi connectivity index (χ3n) is 6.43. The van der Waals surface area contributed by atoms with Gasteiger partial charge in [0.2, 0.25) is 0 Å². The van der Waals surface area contributed by atoms with Crippen molar-refractivity contribution in [1.82, 2.24) is 5.06 Å². The number of imide groups is 1. The molecule has 2 amide bonds. The van der Waals surface area contributed by atoms with Crippen molar-refractivity contribution in [3.8, 4) is 37.0 Å². The summed E-state index contributed by atoms with van der Waals surface area (Å²) in [6.07, 6.45) is 16.7. The summed E-state index contributed by atoms with van der Waals surface area (Å²) in [6.45, 7) is 23.7. The zero-order valence-corrected chi connectivity index (χ0v) is 44.4. The van der Waals surface area contributed by atoms with Gasteiger partial charge in [-0.1, -0.05) is 24.3 Å². The molecule has 0 saturated carbocycles. The van der Waals surface area contributed by atoms with E-state index in [2.05, 4.69) is 29.2 Å². The van der Waals surface area contributed by atoms with Crippen LogP contribution in [0.3, 0.4) is 0 Å². The van der Waals surface area contributed by atoms with Gasteiger partial charge < -0.3 is 72.6 Å². The number of rotatable bonds is 29. The van der Waals surface area contributed by atoms with Crippen molar-refractivity contribution in [1.29, 1.82) is 0 Å². The monoisotopic (exact) mass is 1050 g/mol. The molecule has 420 valence electrons. The number of hydrogen-bond donors (Lipinski definition) is 4. The van der Waals surface area contributed by atoms with Crippen molar-refractivity contribution in [2.24, 2.45) is 0 Å². The molecule has 0 unspecified atom stereocenters. The molecule has 1 saturated heterocycles. The fourth-order valence-corrected chi connectivity index (χ4v) is 3.78. The highest BCUT2D eigenvalue weighted by Crippen LogP contribution is 2.13. The summed E-state index contributed by atoms with van der Waals surface area (Å²) in [7, 11) is 0. The Balaban J connectivity index is -0.000000264. The van der Waals surface area contributed by atoms with Gasteiger partial charge in [-0.05, 0) is 62.3 Å². The van der Waals surface area contributed by atoms with Crippen LogP contribution >= 0.6 is 0 Å². The van der Waals surface area contributed by atoms with Gasteiger partial charge >= 0.3 is 29.8 Å². The van der Waals surface area contributed by atoms with Crippen LogP contribution in [0.2, 0.25) is 0 Å². The lowest BCUT2D eigenvalue weighted by Crippen LogP contribution is -2.32. The molecule has 1 heterocycles. The van der Waals surface area contributed by atoms with E-state index in [0.717, 1.165) is 6.08 Å². The van der Waals surface area contributed by atoms with Crippen LogP contribution in [0.1, 0.15) is 101 Å². The van der Waals surface area contributed by atoms with Crippen LogP contribution < -0.4 is 0 Å². The topological polar surface area (TPSA) is 305 Å². The first-order valence-corrected chi connectivity index (χ1v) is 22.9. The number of nitrogens with zero attached hydrogens (tertiary/aromatic N) is 1. The van der Waals surface area contributed by atoms with Gasteiger partial charge in [-0.15, -0.1) is 24.3 Å². The average molecular weight is 1050 g/mol. The lowest BCUT2D eigenvalue weighted by atomic mass is 10.2. The second kappa shape index (κ2) is 51.4. The number of aliphatic hydroxyl groups excluding tert-OH is 3. The fourth-order valence-electron chi connectivity index (χ4n) is 3.78. The van der Waals surface area contributed by atoms with E-state index in [4.69, 9.17) is 87.1 Å². The molecule has 23 heteroatoms. The minimum Gasteiger partial charge on any atom is -0.481 e. The first-order valence-electron chi connectivity index (χ1n) is 22.9. The Morgan fingerprint density at radius 1 is 0.507 bits per heavy atom. The number of hydrogen-bond acceptors (Lipinski definition) is 21. The van der Waals surface area contributed by atoms with Crippen molar-refractivity contribution in [3.63, 3.8) is 0 Å². The van der Waals surface area contributed by atoms with Crippen molar-refractivity contribution >= 4 is 41.7 Å². The second-order valence-corrected chi connectivity index (χ2v) is 16.7. The largest absolute Gasteiger partial charge is 0.481 e. The SMILES string of the molecule is C#CCOCCOCCC(=O)O.C#CCOCCOCCC(=O)OC(C)(C)C.C#CCOCCOCCC(=O)ON1C(=O)CCC1=O.C=CC(=O)OC(C)(C)C.CC(C)(C)OC(=O)CCOCCO.OCCO. The van der Waals surface area contributed by atoms with E-state index in [1.807, 2.05) is 62.3 Å². The smallest absolute Gasteiger partial charge is 0.335 e. The summed E-state index contributed by atoms with van der Waals surface area (Å²) in [4.78, 5) is 81.1. The molecule has 4 N–H and O–H groups in total. The summed E-state index contributed by atoms with van der Waals surface area (Å²) in [5, 5.41) is 32.4. The number of carboxylic acids is 1. The molecule has 1 fully saturated rings. The van der Waals surface area contributed by atoms with Crippen LogP contribution in [0.5, 0.6) is 0 Å². The Kier molecular flexibility index (Phi) is 53.8. The number of carbonyl (C=O) groups is 7. The summed E-state index contributed by atoms with van der Waals surface area (Å²) in [5.74, 6) is 3.52. The van der Waals surface area contributed by atoms with Crippen molar-refractivity contribution < 1.29 is 106 Å². The zero-order valence-electron chi connectivity index (χ0n) is 44.4. The highest BCUT2D eigenvalue weighted by Gasteiger charge is 2.32. The predicted molar refractivity (Wildman–Crippen MR) is 265 cm³/mol. The zero-order chi connectivity index (χ0) is 57.0. The molecule has 0 atom stereocenters. The van der Waals surface area contributed by atoms with Gasteiger partial charge in [0, 0.05) is 18.9 Å². The summed E-state index contributed by atoms with van der Waals surface area (Å²) in [6, 6.07) is 0. The van der Waals surface area contributed by atoms with Crippen LogP contribution in [0.15, 0.2) is 12.7 Å². The number of carboxylic acid groups (broad SMARTS) is 1. The van der Waals surface area contributed by atoms with E-state index in [-0.39, 0.29) is 116 Å². The first kappa shape index (κ1) is 76.4. The van der Waals surface area contributed by atoms with Crippen LogP contribution in [0.4, 0.5) is 0 Å². The highest BCUT2D eigenvalue weighted by molar-refractivity contribution is 6.01.